The van der Waals surface area contributed by atoms with Crippen molar-refractivity contribution in [2.45, 2.75) is 52.6 Å². The predicted molar refractivity (Wildman–Crippen MR) is 62.6 cm³/mol. The number of nitrogens with zero attached hydrogens (tertiary/aromatic N) is 1. The fraction of sp³-hybridized carbons (Fsp3) is 1.00. The lowest BCUT2D eigenvalue weighted by Crippen LogP contribution is -2.48. The molecular weight excluding hydrogens is 172 g/mol. The van der Waals surface area contributed by atoms with E-state index in [0.29, 0.717) is 11.5 Å². The van der Waals surface area contributed by atoms with Crippen LogP contribution in [0.25, 0.3) is 0 Å². The maximum absolute atomic E-state index is 3.61. The molecule has 0 aromatic rings. The van der Waals surface area contributed by atoms with Crippen molar-refractivity contribution in [2.75, 3.05) is 20.1 Å². The van der Waals surface area contributed by atoms with Crippen LogP contribution in [0.2, 0.25) is 0 Å². The van der Waals surface area contributed by atoms with E-state index in [4.69, 9.17) is 0 Å². The van der Waals surface area contributed by atoms with Gasteiger partial charge in [-0.15, -0.1) is 0 Å². The Labute approximate surface area is 89.1 Å². The molecule has 2 nitrogen and oxygen atoms in total. The Hall–Kier alpha value is -0.0800. The van der Waals surface area contributed by atoms with E-state index >= 15 is 0 Å². The molecule has 0 spiro atoms. The van der Waals surface area contributed by atoms with Gasteiger partial charge in [0.25, 0.3) is 0 Å². The monoisotopic (exact) mass is 198 g/mol. The largest absolute Gasteiger partial charge is 0.312 e. The molecule has 0 bridgehead atoms. The molecule has 0 aromatic carbocycles. The van der Waals surface area contributed by atoms with Gasteiger partial charge in [-0.05, 0) is 46.2 Å². The molecule has 1 unspecified atom stereocenters. The van der Waals surface area contributed by atoms with E-state index in [1.165, 1.54) is 13.0 Å². The molecule has 1 fully saturated rings. The second kappa shape index (κ2) is 3.82. The Bertz CT molecular complexity index is 191. The van der Waals surface area contributed by atoms with Gasteiger partial charge in [-0.3, -0.25) is 4.90 Å². The average molecular weight is 198 g/mol. The van der Waals surface area contributed by atoms with Gasteiger partial charge in [-0.2, -0.15) is 0 Å². The van der Waals surface area contributed by atoms with Crippen LogP contribution in [0.1, 0.15) is 41.0 Å². The van der Waals surface area contributed by atoms with E-state index in [1.54, 1.807) is 0 Å². The summed E-state index contributed by atoms with van der Waals surface area (Å²) in [4.78, 5) is 2.44. The van der Waals surface area contributed by atoms with E-state index < -0.39 is 0 Å². The molecule has 0 aromatic heterocycles. The summed E-state index contributed by atoms with van der Waals surface area (Å²) in [5.41, 5.74) is 0.736. The van der Waals surface area contributed by atoms with Crippen molar-refractivity contribution in [3.8, 4) is 0 Å². The van der Waals surface area contributed by atoms with Gasteiger partial charge in [-0.1, -0.05) is 13.8 Å². The zero-order valence-corrected chi connectivity index (χ0v) is 10.6. The van der Waals surface area contributed by atoms with Crippen LogP contribution in [-0.2, 0) is 0 Å². The van der Waals surface area contributed by atoms with Crippen LogP contribution in [0.5, 0.6) is 0 Å². The Morgan fingerprint density at radius 2 is 1.93 bits per heavy atom. The first-order chi connectivity index (χ1) is 6.23. The van der Waals surface area contributed by atoms with Crippen LogP contribution in [-0.4, -0.2) is 36.6 Å². The van der Waals surface area contributed by atoms with E-state index in [2.05, 4.69) is 51.9 Å². The molecule has 1 heterocycles. The minimum atomic E-state index is 0.278. The fourth-order valence-electron chi connectivity index (χ4n) is 1.88. The highest BCUT2D eigenvalue weighted by atomic mass is 15.2. The highest BCUT2D eigenvalue weighted by Crippen LogP contribution is 2.30. The zero-order valence-electron chi connectivity index (χ0n) is 10.6. The summed E-state index contributed by atoms with van der Waals surface area (Å²) in [7, 11) is 2.22. The highest BCUT2D eigenvalue weighted by Gasteiger charge is 2.35. The summed E-state index contributed by atoms with van der Waals surface area (Å²) >= 11 is 0. The Morgan fingerprint density at radius 3 is 2.29 bits per heavy atom. The van der Waals surface area contributed by atoms with E-state index in [-0.39, 0.29) is 5.54 Å². The number of hydrogen-bond acceptors (Lipinski definition) is 2. The lowest BCUT2D eigenvalue weighted by molar-refractivity contribution is 0.134. The van der Waals surface area contributed by atoms with Crippen molar-refractivity contribution in [2.24, 2.45) is 5.41 Å². The molecule has 2 heteroatoms. The minimum absolute atomic E-state index is 0.278. The Balaban J connectivity index is 2.52. The van der Waals surface area contributed by atoms with Crippen LogP contribution < -0.4 is 5.32 Å². The van der Waals surface area contributed by atoms with Crippen molar-refractivity contribution in [3.05, 3.63) is 0 Å². The summed E-state index contributed by atoms with van der Waals surface area (Å²) in [5, 5.41) is 3.61. The van der Waals surface area contributed by atoms with Crippen molar-refractivity contribution in [1.29, 1.82) is 0 Å². The summed E-state index contributed by atoms with van der Waals surface area (Å²) < 4.78 is 0. The van der Waals surface area contributed by atoms with Crippen LogP contribution in [0, 0.1) is 5.41 Å². The molecule has 0 aliphatic carbocycles. The molecule has 1 aliphatic heterocycles. The topological polar surface area (TPSA) is 15.3 Å². The average Bonchev–Trinajstić information content (AvgIpc) is 2.29. The molecule has 1 aliphatic rings. The molecule has 1 saturated heterocycles. The predicted octanol–water partition coefficient (Wildman–Crippen LogP) is 2.10. The number of rotatable bonds is 2. The van der Waals surface area contributed by atoms with Crippen LogP contribution in [0.15, 0.2) is 0 Å². The van der Waals surface area contributed by atoms with Crippen LogP contribution >= 0.6 is 0 Å². The first-order valence-electron chi connectivity index (χ1n) is 5.68. The lowest BCUT2D eigenvalue weighted by Gasteiger charge is -2.37. The first kappa shape index (κ1) is 12.0. The number of nitrogens with one attached hydrogen (secondary N) is 1. The standard InChI is InChI=1S/C12H26N2/c1-11(2,3)14(6)9-10-12(4,5)7-8-13-10/h10,13H,7-9H2,1-6H3. The van der Waals surface area contributed by atoms with E-state index in [0.717, 1.165) is 6.54 Å². The molecule has 14 heavy (non-hydrogen) atoms. The normalized spacial score (nSPS) is 27.2. The van der Waals surface area contributed by atoms with Gasteiger partial charge in [0, 0.05) is 18.1 Å². The second-order valence-corrected chi connectivity index (χ2v) is 6.30. The molecule has 0 amide bonds. The van der Waals surface area contributed by atoms with Gasteiger partial charge in [0.1, 0.15) is 0 Å². The maximum atomic E-state index is 3.61. The third-order valence-corrected chi connectivity index (χ3v) is 3.70. The van der Waals surface area contributed by atoms with Crippen LogP contribution in [0.3, 0.4) is 0 Å². The smallest absolute Gasteiger partial charge is 0.0246 e. The summed E-state index contributed by atoms with van der Waals surface area (Å²) in [6.07, 6.45) is 1.30. The Kier molecular flexibility index (Phi) is 3.27. The third-order valence-electron chi connectivity index (χ3n) is 3.70. The molecule has 0 saturated carbocycles. The van der Waals surface area contributed by atoms with Crippen molar-refractivity contribution in [1.82, 2.24) is 10.2 Å². The van der Waals surface area contributed by atoms with Gasteiger partial charge in [0.2, 0.25) is 0 Å². The van der Waals surface area contributed by atoms with Crippen LogP contribution in [0.4, 0.5) is 0 Å². The maximum Gasteiger partial charge on any atom is 0.0246 e. The van der Waals surface area contributed by atoms with Gasteiger partial charge in [0.15, 0.2) is 0 Å². The molecule has 1 rings (SSSR count). The Morgan fingerprint density at radius 1 is 1.36 bits per heavy atom. The van der Waals surface area contributed by atoms with Crippen molar-refractivity contribution >= 4 is 0 Å². The van der Waals surface area contributed by atoms with E-state index in [1.807, 2.05) is 0 Å². The van der Waals surface area contributed by atoms with Gasteiger partial charge >= 0.3 is 0 Å². The van der Waals surface area contributed by atoms with Crippen molar-refractivity contribution < 1.29 is 0 Å². The van der Waals surface area contributed by atoms with Gasteiger partial charge in [-0.25, -0.2) is 0 Å². The number of hydrogen-bond donors (Lipinski definition) is 1. The highest BCUT2D eigenvalue weighted by molar-refractivity contribution is 4.93. The summed E-state index contributed by atoms with van der Waals surface area (Å²) in [5.74, 6) is 0. The zero-order chi connectivity index (χ0) is 11.0. The molecule has 84 valence electrons. The van der Waals surface area contributed by atoms with Crippen molar-refractivity contribution in [3.63, 3.8) is 0 Å². The molecule has 0 radical (unpaired) electrons. The SMILES string of the molecule is CN(CC1NCCC1(C)C)C(C)(C)C. The van der Waals surface area contributed by atoms with Gasteiger partial charge in [0.05, 0.1) is 0 Å². The summed E-state index contributed by atoms with van der Waals surface area (Å²) in [6.45, 7) is 13.9. The lowest BCUT2D eigenvalue weighted by atomic mass is 9.84. The van der Waals surface area contributed by atoms with E-state index in [9.17, 15) is 0 Å². The molecule has 1 N–H and O–H groups in total. The second-order valence-electron chi connectivity index (χ2n) is 6.30. The minimum Gasteiger partial charge on any atom is -0.312 e. The van der Waals surface area contributed by atoms with Gasteiger partial charge < -0.3 is 5.32 Å². The third kappa shape index (κ3) is 2.71. The molecular formula is C12H26N2. The fourth-order valence-corrected chi connectivity index (χ4v) is 1.88. The summed E-state index contributed by atoms with van der Waals surface area (Å²) in [6, 6.07) is 0.645. The number of likely N-dealkylation sites (N-methyl/N-ethyl adjacent to an activating group) is 1. The first-order valence-corrected chi connectivity index (χ1v) is 5.68. The quantitative estimate of drug-likeness (QED) is 0.731. The molecule has 1 atom stereocenters.